The molecule has 0 amide bonds. The van der Waals surface area contributed by atoms with Crippen LogP contribution in [0.15, 0.2) is 18.2 Å². The molecule has 3 nitrogen and oxygen atoms in total. The van der Waals surface area contributed by atoms with E-state index in [0.717, 1.165) is 31.7 Å². The van der Waals surface area contributed by atoms with Gasteiger partial charge in [0.25, 0.3) is 0 Å². The summed E-state index contributed by atoms with van der Waals surface area (Å²) in [5, 5.41) is 0. The third-order valence-corrected chi connectivity index (χ3v) is 4.37. The average Bonchev–Trinajstić information content (AvgIpc) is 2.43. The van der Waals surface area contributed by atoms with Crippen molar-refractivity contribution < 1.29 is 13.5 Å². The van der Waals surface area contributed by atoms with Crippen LogP contribution in [0.2, 0.25) is 0 Å². The molecule has 3 atom stereocenters. The Hall–Kier alpha value is -1.04. The molecule has 112 valence electrons. The summed E-state index contributed by atoms with van der Waals surface area (Å²) in [5.74, 6) is 4.49. The molecule has 1 saturated carbocycles. The van der Waals surface area contributed by atoms with Crippen molar-refractivity contribution in [3.8, 4) is 0 Å². The van der Waals surface area contributed by atoms with Crippen molar-refractivity contribution in [1.82, 2.24) is 5.43 Å². The number of hydrazine groups is 1. The summed E-state index contributed by atoms with van der Waals surface area (Å²) in [7, 11) is 1.66. The SMILES string of the molecule is COC1(C(NN)c2ccc(F)c(F)c2)CCCC(C)C1. The van der Waals surface area contributed by atoms with Gasteiger partial charge in [0.1, 0.15) is 0 Å². The standard InChI is InChI=1S/C15H22F2N2O/c1-10-4-3-7-15(9-10,20-2)14(19-18)11-5-6-12(16)13(17)8-11/h5-6,8,10,14,19H,3-4,7,9,18H2,1-2H3. The number of nitrogens with two attached hydrogens (primary N) is 1. The number of halogens is 2. The molecule has 1 aromatic rings. The van der Waals surface area contributed by atoms with Gasteiger partial charge < -0.3 is 4.74 Å². The molecule has 0 aromatic heterocycles. The van der Waals surface area contributed by atoms with Gasteiger partial charge in [0.15, 0.2) is 11.6 Å². The zero-order valence-corrected chi connectivity index (χ0v) is 12.0. The Morgan fingerprint density at radius 3 is 2.70 bits per heavy atom. The van der Waals surface area contributed by atoms with Gasteiger partial charge in [0, 0.05) is 7.11 Å². The minimum atomic E-state index is -0.863. The molecule has 0 bridgehead atoms. The number of hydrogen-bond acceptors (Lipinski definition) is 3. The Bertz CT molecular complexity index is 469. The first-order valence-electron chi connectivity index (χ1n) is 6.98. The van der Waals surface area contributed by atoms with Crippen molar-refractivity contribution in [2.45, 2.75) is 44.2 Å². The fourth-order valence-electron chi connectivity index (χ4n) is 3.35. The second-order valence-electron chi connectivity index (χ2n) is 5.74. The summed E-state index contributed by atoms with van der Waals surface area (Å²) >= 11 is 0. The van der Waals surface area contributed by atoms with Crippen molar-refractivity contribution >= 4 is 0 Å². The van der Waals surface area contributed by atoms with Gasteiger partial charge in [-0.2, -0.15) is 0 Å². The quantitative estimate of drug-likeness (QED) is 0.660. The maximum Gasteiger partial charge on any atom is 0.159 e. The van der Waals surface area contributed by atoms with Crippen LogP contribution >= 0.6 is 0 Å². The summed E-state index contributed by atoms with van der Waals surface area (Å²) in [6.45, 7) is 2.17. The minimum Gasteiger partial charge on any atom is -0.376 e. The van der Waals surface area contributed by atoms with Gasteiger partial charge in [-0.25, -0.2) is 8.78 Å². The van der Waals surface area contributed by atoms with Crippen LogP contribution in [0.4, 0.5) is 8.78 Å². The number of rotatable bonds is 4. The van der Waals surface area contributed by atoms with E-state index in [1.54, 1.807) is 13.2 Å². The zero-order chi connectivity index (χ0) is 14.8. The van der Waals surface area contributed by atoms with E-state index in [1.807, 2.05) is 0 Å². The molecule has 3 N–H and O–H groups in total. The molecule has 20 heavy (non-hydrogen) atoms. The van der Waals surface area contributed by atoms with Crippen molar-refractivity contribution in [2.75, 3.05) is 7.11 Å². The van der Waals surface area contributed by atoms with Gasteiger partial charge in [-0.1, -0.05) is 25.8 Å². The molecule has 0 radical (unpaired) electrons. The summed E-state index contributed by atoms with van der Waals surface area (Å²) < 4.78 is 32.3. The molecule has 0 heterocycles. The van der Waals surface area contributed by atoms with E-state index in [-0.39, 0.29) is 6.04 Å². The fourth-order valence-corrected chi connectivity index (χ4v) is 3.35. The summed E-state index contributed by atoms with van der Waals surface area (Å²) in [4.78, 5) is 0. The van der Waals surface area contributed by atoms with Crippen molar-refractivity contribution in [2.24, 2.45) is 11.8 Å². The maximum atomic E-state index is 13.5. The fraction of sp³-hybridized carbons (Fsp3) is 0.600. The van der Waals surface area contributed by atoms with Gasteiger partial charge in [-0.15, -0.1) is 0 Å². The van der Waals surface area contributed by atoms with E-state index in [2.05, 4.69) is 12.3 Å². The average molecular weight is 284 g/mol. The lowest BCUT2D eigenvalue weighted by Crippen LogP contribution is -2.50. The predicted octanol–water partition coefficient (Wildman–Crippen LogP) is 3.06. The largest absolute Gasteiger partial charge is 0.376 e. The van der Waals surface area contributed by atoms with E-state index in [4.69, 9.17) is 10.6 Å². The number of ether oxygens (including phenoxy) is 1. The van der Waals surface area contributed by atoms with E-state index >= 15 is 0 Å². The van der Waals surface area contributed by atoms with E-state index < -0.39 is 17.2 Å². The van der Waals surface area contributed by atoms with E-state index in [9.17, 15) is 8.78 Å². The first-order valence-corrected chi connectivity index (χ1v) is 6.98. The van der Waals surface area contributed by atoms with Crippen molar-refractivity contribution in [1.29, 1.82) is 0 Å². The monoisotopic (exact) mass is 284 g/mol. The highest BCUT2D eigenvalue weighted by atomic mass is 19.2. The smallest absolute Gasteiger partial charge is 0.159 e. The Balaban J connectivity index is 2.35. The number of methoxy groups -OCH3 is 1. The summed E-state index contributed by atoms with van der Waals surface area (Å²) in [6, 6.07) is 3.53. The van der Waals surface area contributed by atoms with E-state index in [0.29, 0.717) is 11.5 Å². The Kier molecular flexibility index (Phi) is 4.73. The molecule has 1 fully saturated rings. The lowest BCUT2D eigenvalue weighted by Gasteiger charge is -2.44. The number of hydrogen-bond donors (Lipinski definition) is 2. The lowest BCUT2D eigenvalue weighted by molar-refractivity contribution is -0.0807. The first-order chi connectivity index (χ1) is 9.52. The molecular formula is C15H22F2N2O. The lowest BCUT2D eigenvalue weighted by atomic mass is 9.73. The Labute approximate surface area is 118 Å². The zero-order valence-electron chi connectivity index (χ0n) is 12.0. The topological polar surface area (TPSA) is 47.3 Å². The van der Waals surface area contributed by atoms with Gasteiger partial charge in [0.05, 0.1) is 11.6 Å². The molecule has 0 aliphatic heterocycles. The van der Waals surface area contributed by atoms with Crippen LogP contribution in [0.1, 0.15) is 44.2 Å². The highest BCUT2D eigenvalue weighted by Gasteiger charge is 2.42. The summed E-state index contributed by atoms with van der Waals surface area (Å²) in [6.07, 6.45) is 3.89. The summed E-state index contributed by atoms with van der Waals surface area (Å²) in [5.41, 5.74) is 2.87. The van der Waals surface area contributed by atoms with Gasteiger partial charge >= 0.3 is 0 Å². The highest BCUT2D eigenvalue weighted by Crippen LogP contribution is 2.43. The Morgan fingerprint density at radius 2 is 2.15 bits per heavy atom. The molecule has 0 spiro atoms. The molecule has 5 heteroatoms. The van der Waals surface area contributed by atoms with Crippen LogP contribution < -0.4 is 11.3 Å². The third-order valence-electron chi connectivity index (χ3n) is 4.37. The normalized spacial score (nSPS) is 28.4. The molecule has 1 aliphatic carbocycles. The van der Waals surface area contributed by atoms with Gasteiger partial charge in [-0.05, 0) is 36.5 Å². The Morgan fingerprint density at radius 1 is 1.40 bits per heavy atom. The second kappa shape index (κ2) is 6.16. The van der Waals surface area contributed by atoms with Crippen molar-refractivity contribution in [3.05, 3.63) is 35.4 Å². The van der Waals surface area contributed by atoms with Crippen LogP contribution in [0.3, 0.4) is 0 Å². The van der Waals surface area contributed by atoms with Crippen LogP contribution in [0, 0.1) is 17.6 Å². The van der Waals surface area contributed by atoms with Crippen LogP contribution in [0.25, 0.3) is 0 Å². The molecule has 2 rings (SSSR count). The molecule has 1 aliphatic rings. The van der Waals surface area contributed by atoms with Gasteiger partial charge in [-0.3, -0.25) is 11.3 Å². The number of nitrogens with one attached hydrogen (secondary N) is 1. The highest BCUT2D eigenvalue weighted by molar-refractivity contribution is 5.24. The van der Waals surface area contributed by atoms with Crippen LogP contribution in [-0.4, -0.2) is 12.7 Å². The second-order valence-corrected chi connectivity index (χ2v) is 5.74. The third kappa shape index (κ3) is 2.85. The van der Waals surface area contributed by atoms with Crippen LogP contribution in [-0.2, 0) is 4.74 Å². The number of benzene rings is 1. The molecular weight excluding hydrogens is 262 g/mol. The van der Waals surface area contributed by atoms with Crippen LogP contribution in [0.5, 0.6) is 0 Å². The van der Waals surface area contributed by atoms with Crippen molar-refractivity contribution in [3.63, 3.8) is 0 Å². The predicted molar refractivity (Wildman–Crippen MR) is 73.8 cm³/mol. The molecule has 1 aromatic carbocycles. The van der Waals surface area contributed by atoms with E-state index in [1.165, 1.54) is 6.07 Å². The minimum absolute atomic E-state index is 0.356. The molecule has 0 saturated heterocycles. The first kappa shape index (κ1) is 15.4. The maximum absolute atomic E-state index is 13.5. The van der Waals surface area contributed by atoms with Gasteiger partial charge in [0.2, 0.25) is 0 Å². The molecule has 3 unspecified atom stereocenters.